The highest BCUT2D eigenvalue weighted by Gasteiger charge is 2.26. The zero-order valence-electron chi connectivity index (χ0n) is 11.7. The second-order valence-corrected chi connectivity index (χ2v) is 5.80. The van der Waals surface area contributed by atoms with Crippen LogP contribution in [-0.4, -0.2) is 18.5 Å². The van der Waals surface area contributed by atoms with Crippen LogP contribution in [0.3, 0.4) is 0 Å². The molecule has 3 nitrogen and oxygen atoms in total. The number of rotatable bonds is 4. The Hall–Kier alpha value is -1.35. The van der Waals surface area contributed by atoms with Crippen molar-refractivity contribution in [3.8, 4) is 0 Å². The highest BCUT2D eigenvalue weighted by molar-refractivity contribution is 5.83. The van der Waals surface area contributed by atoms with Crippen molar-refractivity contribution in [3.05, 3.63) is 35.9 Å². The average molecular weight is 248 g/mol. The van der Waals surface area contributed by atoms with Crippen molar-refractivity contribution in [2.75, 3.05) is 6.54 Å². The Labute approximate surface area is 110 Å². The summed E-state index contributed by atoms with van der Waals surface area (Å²) in [5, 5.41) is 3.04. The Balaban J connectivity index is 2.71. The Bertz CT molecular complexity index is 381. The van der Waals surface area contributed by atoms with E-state index in [1.54, 1.807) is 0 Å². The number of hydrogen-bond acceptors (Lipinski definition) is 2. The van der Waals surface area contributed by atoms with E-state index in [0.717, 1.165) is 5.56 Å². The first-order valence-corrected chi connectivity index (χ1v) is 6.41. The minimum Gasteiger partial charge on any atom is -0.351 e. The Morgan fingerprint density at radius 2 is 1.83 bits per heavy atom. The lowest BCUT2D eigenvalue weighted by Gasteiger charge is -2.31. The second kappa shape index (κ2) is 6.01. The molecule has 0 aliphatic heterocycles. The Morgan fingerprint density at radius 3 is 2.28 bits per heavy atom. The summed E-state index contributed by atoms with van der Waals surface area (Å²) in [6.07, 6.45) is 0. The molecule has 1 rings (SSSR count). The van der Waals surface area contributed by atoms with E-state index in [1.807, 2.05) is 37.3 Å². The maximum absolute atomic E-state index is 12.2. The van der Waals surface area contributed by atoms with E-state index in [4.69, 9.17) is 5.73 Å². The Morgan fingerprint density at radius 1 is 1.28 bits per heavy atom. The Kier molecular flexibility index (Phi) is 4.91. The van der Waals surface area contributed by atoms with Crippen molar-refractivity contribution in [2.24, 2.45) is 11.1 Å². The maximum atomic E-state index is 12.2. The molecule has 1 aromatic rings. The van der Waals surface area contributed by atoms with Gasteiger partial charge in [0.05, 0.1) is 5.92 Å². The lowest BCUT2D eigenvalue weighted by atomic mass is 9.86. The van der Waals surface area contributed by atoms with Gasteiger partial charge < -0.3 is 11.1 Å². The third kappa shape index (κ3) is 3.84. The van der Waals surface area contributed by atoms with E-state index in [9.17, 15) is 4.79 Å². The lowest BCUT2D eigenvalue weighted by molar-refractivity contribution is -0.123. The van der Waals surface area contributed by atoms with Gasteiger partial charge in [0.25, 0.3) is 0 Å². The molecular weight excluding hydrogens is 224 g/mol. The molecule has 0 fully saturated rings. The summed E-state index contributed by atoms with van der Waals surface area (Å²) >= 11 is 0. The van der Waals surface area contributed by atoms with Crippen molar-refractivity contribution in [1.82, 2.24) is 5.32 Å². The predicted molar refractivity (Wildman–Crippen MR) is 75.3 cm³/mol. The first kappa shape index (κ1) is 14.7. The summed E-state index contributed by atoms with van der Waals surface area (Å²) in [7, 11) is 0. The van der Waals surface area contributed by atoms with Gasteiger partial charge in [-0.15, -0.1) is 0 Å². The number of nitrogens with one attached hydrogen (secondary N) is 1. The van der Waals surface area contributed by atoms with Crippen molar-refractivity contribution in [2.45, 2.75) is 39.7 Å². The molecule has 0 aliphatic carbocycles. The van der Waals surface area contributed by atoms with Gasteiger partial charge in [-0.1, -0.05) is 51.1 Å². The fourth-order valence-corrected chi connectivity index (χ4v) is 1.82. The standard InChI is InChI=1S/C15H24N2O/c1-11(12-8-6-5-7-9-12)14(18)17-13(10-16)15(2,3)4/h5-9,11,13H,10,16H2,1-4H3,(H,17,18). The second-order valence-electron chi connectivity index (χ2n) is 5.80. The zero-order valence-corrected chi connectivity index (χ0v) is 11.7. The van der Waals surface area contributed by atoms with Crippen LogP contribution in [0.5, 0.6) is 0 Å². The predicted octanol–water partition coefficient (Wildman–Crippen LogP) is 2.28. The lowest BCUT2D eigenvalue weighted by Crippen LogP contribution is -2.49. The maximum Gasteiger partial charge on any atom is 0.227 e. The van der Waals surface area contributed by atoms with Crippen LogP contribution >= 0.6 is 0 Å². The summed E-state index contributed by atoms with van der Waals surface area (Å²) in [5.74, 6) is -0.117. The van der Waals surface area contributed by atoms with Crippen LogP contribution in [0.2, 0.25) is 0 Å². The van der Waals surface area contributed by atoms with Crippen LogP contribution in [0, 0.1) is 5.41 Å². The van der Waals surface area contributed by atoms with Gasteiger partial charge in [0, 0.05) is 12.6 Å². The van der Waals surface area contributed by atoms with E-state index >= 15 is 0 Å². The van der Waals surface area contributed by atoms with Gasteiger partial charge in [-0.3, -0.25) is 4.79 Å². The third-order valence-electron chi connectivity index (χ3n) is 3.29. The van der Waals surface area contributed by atoms with Gasteiger partial charge in [0.1, 0.15) is 0 Å². The summed E-state index contributed by atoms with van der Waals surface area (Å²) in [6, 6.07) is 9.78. The first-order chi connectivity index (χ1) is 8.36. The quantitative estimate of drug-likeness (QED) is 0.859. The molecule has 3 heteroatoms. The van der Waals surface area contributed by atoms with Gasteiger partial charge in [-0.2, -0.15) is 0 Å². The third-order valence-corrected chi connectivity index (χ3v) is 3.29. The van der Waals surface area contributed by atoms with Gasteiger partial charge in [0.15, 0.2) is 0 Å². The minimum absolute atomic E-state index is 0.00355. The molecular formula is C15H24N2O. The van der Waals surface area contributed by atoms with Crippen LogP contribution in [0.15, 0.2) is 30.3 Å². The largest absolute Gasteiger partial charge is 0.351 e. The number of hydrogen-bond donors (Lipinski definition) is 2. The molecule has 0 radical (unpaired) electrons. The van der Waals surface area contributed by atoms with Crippen LogP contribution in [0.25, 0.3) is 0 Å². The zero-order chi connectivity index (χ0) is 13.8. The molecule has 3 N–H and O–H groups in total. The number of carbonyl (C=O) groups is 1. The molecule has 100 valence electrons. The van der Waals surface area contributed by atoms with Crippen molar-refractivity contribution < 1.29 is 4.79 Å². The van der Waals surface area contributed by atoms with Crippen LogP contribution in [-0.2, 0) is 4.79 Å². The number of benzene rings is 1. The van der Waals surface area contributed by atoms with Crippen molar-refractivity contribution >= 4 is 5.91 Å². The molecule has 1 amide bonds. The van der Waals surface area contributed by atoms with Gasteiger partial charge in [-0.25, -0.2) is 0 Å². The molecule has 0 spiro atoms. The van der Waals surface area contributed by atoms with Gasteiger partial charge in [-0.05, 0) is 17.9 Å². The SMILES string of the molecule is CC(C(=O)NC(CN)C(C)(C)C)c1ccccc1. The fraction of sp³-hybridized carbons (Fsp3) is 0.533. The van der Waals surface area contributed by atoms with E-state index in [2.05, 4.69) is 26.1 Å². The summed E-state index contributed by atoms with van der Waals surface area (Å²) in [4.78, 5) is 12.2. The van der Waals surface area contributed by atoms with E-state index < -0.39 is 0 Å². The average Bonchev–Trinajstić information content (AvgIpc) is 2.34. The highest BCUT2D eigenvalue weighted by Crippen LogP contribution is 2.20. The molecule has 0 aliphatic rings. The monoisotopic (exact) mass is 248 g/mol. The number of amides is 1. The van der Waals surface area contributed by atoms with Crippen LogP contribution in [0.4, 0.5) is 0 Å². The molecule has 2 unspecified atom stereocenters. The first-order valence-electron chi connectivity index (χ1n) is 6.41. The molecule has 0 saturated heterocycles. The molecule has 0 saturated carbocycles. The normalized spacial score (nSPS) is 14.9. The van der Waals surface area contributed by atoms with Crippen molar-refractivity contribution in [3.63, 3.8) is 0 Å². The minimum atomic E-state index is -0.150. The van der Waals surface area contributed by atoms with Gasteiger partial charge >= 0.3 is 0 Å². The van der Waals surface area contributed by atoms with Crippen LogP contribution in [0.1, 0.15) is 39.2 Å². The number of nitrogens with two attached hydrogens (primary N) is 1. The summed E-state index contributed by atoms with van der Waals surface area (Å²) < 4.78 is 0. The van der Waals surface area contributed by atoms with E-state index in [1.165, 1.54) is 0 Å². The molecule has 18 heavy (non-hydrogen) atoms. The fourth-order valence-electron chi connectivity index (χ4n) is 1.82. The highest BCUT2D eigenvalue weighted by atomic mass is 16.1. The van der Waals surface area contributed by atoms with Crippen LogP contribution < -0.4 is 11.1 Å². The molecule has 0 heterocycles. The molecule has 2 atom stereocenters. The molecule has 0 bridgehead atoms. The molecule has 0 aromatic heterocycles. The molecule has 1 aromatic carbocycles. The van der Waals surface area contributed by atoms with E-state index in [0.29, 0.717) is 6.54 Å². The summed E-state index contributed by atoms with van der Waals surface area (Å²) in [6.45, 7) is 8.62. The van der Waals surface area contributed by atoms with Crippen molar-refractivity contribution in [1.29, 1.82) is 0 Å². The smallest absolute Gasteiger partial charge is 0.227 e. The summed E-state index contributed by atoms with van der Waals surface area (Å²) in [5.41, 5.74) is 6.73. The number of carbonyl (C=O) groups excluding carboxylic acids is 1. The van der Waals surface area contributed by atoms with E-state index in [-0.39, 0.29) is 23.3 Å². The van der Waals surface area contributed by atoms with Gasteiger partial charge in [0.2, 0.25) is 5.91 Å². The topological polar surface area (TPSA) is 55.1 Å².